The fraction of sp³-hybridized carbons (Fsp3) is 0.875. The third-order valence-electron chi connectivity index (χ3n) is 2.61. The molecule has 0 saturated carbocycles. The van der Waals surface area contributed by atoms with E-state index in [9.17, 15) is 13.2 Å². The first-order chi connectivity index (χ1) is 7.27. The second-order valence-corrected chi connectivity index (χ2v) is 5.90. The molecule has 1 N–H and O–H groups in total. The summed E-state index contributed by atoms with van der Waals surface area (Å²) in [5.74, 6) is 0. The zero-order valence-corrected chi connectivity index (χ0v) is 9.75. The van der Waals surface area contributed by atoms with Crippen LogP contribution in [0.5, 0.6) is 0 Å². The van der Waals surface area contributed by atoms with E-state index in [-0.39, 0.29) is 4.31 Å². The summed E-state index contributed by atoms with van der Waals surface area (Å²) in [6, 6.07) is 0. The lowest BCUT2D eigenvalue weighted by Crippen LogP contribution is -2.55. The summed E-state index contributed by atoms with van der Waals surface area (Å²) in [5, 5.41) is 8.98. The van der Waals surface area contributed by atoms with Crippen molar-refractivity contribution in [2.75, 3.05) is 6.56 Å². The molecule has 1 saturated heterocycles. The van der Waals surface area contributed by atoms with E-state index in [0.29, 0.717) is 0 Å². The lowest BCUT2D eigenvalue weighted by molar-refractivity contribution is 0.0677. The van der Waals surface area contributed by atoms with E-state index in [4.69, 9.17) is 7.85 Å². The highest BCUT2D eigenvalue weighted by Crippen LogP contribution is 2.42. The van der Waals surface area contributed by atoms with Gasteiger partial charge in [0.15, 0.2) is 0 Å². The number of rotatable bonds is 0. The smallest absolute Gasteiger partial charge is 0.423 e. The van der Waals surface area contributed by atoms with Crippen LogP contribution in [0.3, 0.4) is 0 Å². The van der Waals surface area contributed by atoms with Crippen molar-refractivity contribution >= 4 is 16.4 Å². The van der Waals surface area contributed by atoms with Crippen molar-refractivity contribution < 1.29 is 25.2 Å². The van der Waals surface area contributed by atoms with E-state index >= 15 is 0 Å². The van der Waals surface area contributed by atoms with Crippen LogP contribution in [-0.4, -0.2) is 36.0 Å². The van der Waals surface area contributed by atoms with Gasteiger partial charge in [-0.1, -0.05) is 20.8 Å². The molecule has 6 nitrogen and oxygen atoms in total. The van der Waals surface area contributed by atoms with Gasteiger partial charge in [-0.05, 0) is 12.3 Å². The largest absolute Gasteiger partial charge is 0.464 e. The highest BCUT2D eigenvalue weighted by molar-refractivity contribution is 7.85. The van der Waals surface area contributed by atoms with Crippen LogP contribution < -0.4 is 0 Å². The van der Waals surface area contributed by atoms with Crippen molar-refractivity contribution in [2.24, 2.45) is 5.41 Å². The van der Waals surface area contributed by atoms with Gasteiger partial charge in [0, 0.05) is 0 Å². The quantitative estimate of drug-likeness (QED) is 0.683. The number of nitrogens with zero attached hydrogens (tertiary/aromatic N) is 1. The summed E-state index contributed by atoms with van der Waals surface area (Å²) in [6.07, 6.45) is -1.76. The van der Waals surface area contributed by atoms with Gasteiger partial charge >= 0.3 is 16.4 Å². The molecule has 1 fully saturated rings. The minimum Gasteiger partial charge on any atom is -0.464 e. The second kappa shape index (κ2) is 3.08. The maximum atomic E-state index is 11.6. The summed E-state index contributed by atoms with van der Waals surface area (Å²) in [4.78, 5) is 11.1. The Morgan fingerprint density at radius 2 is 2.07 bits per heavy atom. The molecule has 1 atom stereocenters. The van der Waals surface area contributed by atoms with Gasteiger partial charge in [-0.25, -0.2) is 4.79 Å². The predicted molar refractivity (Wildman–Crippen MR) is 52.6 cm³/mol. The van der Waals surface area contributed by atoms with E-state index in [2.05, 4.69) is 4.18 Å². The highest BCUT2D eigenvalue weighted by atomic mass is 32.2. The van der Waals surface area contributed by atoms with Gasteiger partial charge in [0.1, 0.15) is 0 Å². The number of carbonyl (C=O) groups is 1. The zero-order valence-electron chi connectivity index (χ0n) is 10.9. The highest BCUT2D eigenvalue weighted by Gasteiger charge is 2.57. The molecule has 1 rings (SSSR count). The van der Waals surface area contributed by atoms with Crippen LogP contribution in [0.15, 0.2) is 0 Å². The van der Waals surface area contributed by atoms with E-state index in [1.54, 1.807) is 20.8 Å². The lowest BCUT2D eigenvalue weighted by Gasteiger charge is -2.40. The maximum Gasteiger partial charge on any atom is 0.423 e. The summed E-state index contributed by atoms with van der Waals surface area (Å²) in [5.41, 5.74) is -2.82. The summed E-state index contributed by atoms with van der Waals surface area (Å²) >= 11 is 0. The van der Waals surface area contributed by atoms with Gasteiger partial charge in [-0.2, -0.15) is 12.7 Å². The number of hydrogen-bond acceptors (Lipinski definition) is 4. The van der Waals surface area contributed by atoms with Crippen LogP contribution in [0, 0.1) is 5.41 Å². The van der Waals surface area contributed by atoms with E-state index in [0.717, 1.165) is 0 Å². The molecule has 1 aliphatic rings. The topological polar surface area (TPSA) is 83.9 Å². The fourth-order valence-electron chi connectivity index (χ4n) is 1.18. The van der Waals surface area contributed by atoms with Crippen LogP contribution >= 0.6 is 0 Å². The van der Waals surface area contributed by atoms with Gasteiger partial charge in [-0.3, -0.25) is 4.18 Å². The molecule has 0 aliphatic carbocycles. The Morgan fingerprint density at radius 3 is 2.33 bits per heavy atom. The Balaban J connectivity index is 3.59. The molecule has 1 aliphatic heterocycles. The summed E-state index contributed by atoms with van der Waals surface area (Å²) < 4.78 is 42.8. The first kappa shape index (κ1) is 9.41. The Kier molecular flexibility index (Phi) is 1.93. The molecule has 0 aromatic carbocycles. The van der Waals surface area contributed by atoms with Crippen molar-refractivity contribution in [3.8, 4) is 0 Å². The number of amides is 1. The van der Waals surface area contributed by atoms with Crippen molar-refractivity contribution in [1.82, 2.24) is 4.31 Å². The van der Waals surface area contributed by atoms with Crippen LogP contribution in [0.25, 0.3) is 0 Å². The fourth-order valence-corrected chi connectivity index (χ4v) is 2.47. The van der Waals surface area contributed by atoms with E-state index < -0.39 is 33.9 Å². The first-order valence-electron chi connectivity index (χ1n) is 5.26. The van der Waals surface area contributed by atoms with Gasteiger partial charge in [-0.15, -0.1) is 0 Å². The molecule has 1 amide bonds. The number of hydrogen-bond donors (Lipinski definition) is 1. The average molecular weight is 239 g/mol. The standard InChI is InChI=1S/C8H15NO5S/c1-7(2,3)8(4)5-14-15(12,13)9(8)6(10)11/h5H2,1-4H3,(H,10,11)/t8-/m1/s1/i5D2. The van der Waals surface area contributed by atoms with Crippen molar-refractivity contribution in [2.45, 2.75) is 33.2 Å². The van der Waals surface area contributed by atoms with E-state index in [1.807, 2.05) is 0 Å². The second-order valence-electron chi connectivity index (χ2n) is 4.51. The normalized spacial score (nSPS) is 35.9. The van der Waals surface area contributed by atoms with Crippen molar-refractivity contribution in [3.05, 3.63) is 0 Å². The zero-order chi connectivity index (χ0) is 13.9. The van der Waals surface area contributed by atoms with Crippen LogP contribution in [-0.2, 0) is 14.5 Å². The average Bonchev–Trinajstić information content (AvgIpc) is 2.11. The molecule has 0 unspecified atom stereocenters. The SMILES string of the molecule is [2H]C1([2H])OS(=O)(=O)N(C(=O)O)[C@@]1(C)C(C)(C)C. The molecule has 0 radical (unpaired) electrons. The van der Waals surface area contributed by atoms with Gasteiger partial charge < -0.3 is 5.11 Å². The summed E-state index contributed by atoms with van der Waals surface area (Å²) in [6.45, 7) is 3.23. The van der Waals surface area contributed by atoms with Crippen LogP contribution in [0.4, 0.5) is 4.79 Å². The summed E-state index contributed by atoms with van der Waals surface area (Å²) in [7, 11) is -4.63. The van der Waals surface area contributed by atoms with Crippen molar-refractivity contribution in [1.29, 1.82) is 0 Å². The van der Waals surface area contributed by atoms with Gasteiger partial charge in [0.05, 0.1) is 14.8 Å². The molecule has 7 heteroatoms. The third kappa shape index (κ3) is 1.69. The Morgan fingerprint density at radius 1 is 1.60 bits per heavy atom. The Labute approximate surface area is 91.9 Å². The third-order valence-corrected chi connectivity index (χ3v) is 3.87. The Hall–Kier alpha value is -0.820. The molecule has 0 aromatic heterocycles. The maximum absolute atomic E-state index is 11.6. The number of carboxylic acid groups (broad SMARTS) is 1. The lowest BCUT2D eigenvalue weighted by atomic mass is 9.75. The monoisotopic (exact) mass is 239 g/mol. The molecular formula is C8H15NO5S. The molecule has 15 heavy (non-hydrogen) atoms. The Bertz CT molecular complexity index is 455. The molecule has 0 aromatic rings. The van der Waals surface area contributed by atoms with Crippen LogP contribution in [0.1, 0.15) is 30.4 Å². The first-order valence-corrected chi connectivity index (χ1v) is 5.63. The minimum absolute atomic E-state index is 0.0556. The molecule has 1 heterocycles. The van der Waals surface area contributed by atoms with Crippen molar-refractivity contribution in [3.63, 3.8) is 0 Å². The molecule has 0 bridgehead atoms. The van der Waals surface area contributed by atoms with Gasteiger partial charge in [0.25, 0.3) is 0 Å². The minimum atomic E-state index is -4.63. The molecular weight excluding hydrogens is 222 g/mol. The van der Waals surface area contributed by atoms with E-state index in [1.165, 1.54) is 6.92 Å². The molecule has 88 valence electrons. The predicted octanol–water partition coefficient (Wildman–Crippen LogP) is 1.05. The van der Waals surface area contributed by atoms with Gasteiger partial charge in [0.2, 0.25) is 0 Å². The van der Waals surface area contributed by atoms with Crippen LogP contribution in [0.2, 0.25) is 0 Å². The molecule has 0 spiro atoms.